The molecule has 0 aliphatic heterocycles. The molecule has 0 fully saturated rings. The molecule has 0 rings (SSSR count). The fourth-order valence-corrected chi connectivity index (χ4v) is 4.29. The minimum absolute atomic E-state index is 0.0637. The largest absolute Gasteiger partial charge is 0.392 e. The molecule has 0 aromatic carbocycles. The highest BCUT2D eigenvalue weighted by atomic mass is 32.2. The van der Waals surface area contributed by atoms with Gasteiger partial charge < -0.3 is 31.1 Å². The van der Waals surface area contributed by atoms with Crippen LogP contribution in [0.25, 0.3) is 0 Å². The van der Waals surface area contributed by atoms with E-state index in [1.807, 2.05) is 26.0 Å². The molecule has 0 aromatic rings. The highest BCUT2D eigenvalue weighted by Crippen LogP contribution is 2.21. The lowest BCUT2D eigenvalue weighted by Crippen LogP contribution is -2.57. The van der Waals surface area contributed by atoms with Gasteiger partial charge in [0.1, 0.15) is 12.1 Å². The highest BCUT2D eigenvalue weighted by Gasteiger charge is 2.37. The van der Waals surface area contributed by atoms with Gasteiger partial charge in [-0.05, 0) is 45.8 Å². The molecule has 10 nitrogen and oxygen atoms in total. The molecule has 0 aromatic heterocycles. The molecule has 0 saturated heterocycles. The van der Waals surface area contributed by atoms with Crippen LogP contribution in [0.2, 0.25) is 0 Å². The second kappa shape index (κ2) is 15.1. The molecule has 0 bridgehead atoms. The van der Waals surface area contributed by atoms with Crippen molar-refractivity contribution in [1.82, 2.24) is 15.1 Å². The zero-order chi connectivity index (χ0) is 27.5. The molecule has 0 aliphatic rings. The van der Waals surface area contributed by atoms with Crippen molar-refractivity contribution in [2.45, 2.75) is 89.5 Å². The first-order valence-electron chi connectivity index (χ1n) is 11.8. The Hall–Kier alpha value is -2.11. The smallest absolute Gasteiger partial charge is 0.256 e. The molecule has 0 spiro atoms. The summed E-state index contributed by atoms with van der Waals surface area (Å²) in [4.78, 5) is 53.2. The number of hydrogen-bond acceptors (Lipinski definition) is 7. The van der Waals surface area contributed by atoms with Crippen LogP contribution in [0, 0.1) is 5.92 Å². The molecule has 202 valence electrons. The summed E-state index contributed by atoms with van der Waals surface area (Å²) in [5, 5.41) is 22.1. The summed E-state index contributed by atoms with van der Waals surface area (Å²) in [5.74, 6) is -2.35. The van der Waals surface area contributed by atoms with Gasteiger partial charge in [0.05, 0.1) is 18.1 Å². The topological polar surface area (TPSA) is 153 Å². The van der Waals surface area contributed by atoms with E-state index in [4.69, 9.17) is 5.73 Å². The molecular formula is C24H44N4O6S. The van der Waals surface area contributed by atoms with Crippen molar-refractivity contribution in [3.05, 3.63) is 12.2 Å². The fourth-order valence-electron chi connectivity index (χ4n) is 3.51. The molecule has 35 heavy (non-hydrogen) atoms. The Balaban J connectivity index is 5.41. The van der Waals surface area contributed by atoms with Gasteiger partial charge in [0.2, 0.25) is 17.7 Å². The SMILES string of the molecule is C/C=C/C[C@@H](C)[C@H](O)CC(=O)N[C@@H](CC)C(=O)N(C)[C@@H](SC)C(=O)N(C)[C@@H](CC(C)(C)O)C(N)=O. The molecule has 5 atom stereocenters. The summed E-state index contributed by atoms with van der Waals surface area (Å²) in [6.07, 6.45) is 5.30. The van der Waals surface area contributed by atoms with Crippen LogP contribution < -0.4 is 11.1 Å². The van der Waals surface area contributed by atoms with Gasteiger partial charge in [-0.15, -0.1) is 11.8 Å². The lowest BCUT2D eigenvalue weighted by Gasteiger charge is -2.35. The number of amides is 4. The average molecular weight is 517 g/mol. The Bertz CT molecular complexity index is 755. The molecule has 0 radical (unpaired) electrons. The zero-order valence-electron chi connectivity index (χ0n) is 22.3. The number of thioether (sulfide) groups is 1. The lowest BCUT2D eigenvalue weighted by molar-refractivity contribution is -0.146. The fraction of sp³-hybridized carbons (Fsp3) is 0.750. The number of rotatable bonds is 15. The molecular weight excluding hydrogens is 472 g/mol. The van der Waals surface area contributed by atoms with E-state index in [1.54, 1.807) is 13.2 Å². The maximum Gasteiger partial charge on any atom is 0.256 e. The number of carbonyl (C=O) groups excluding carboxylic acids is 4. The van der Waals surface area contributed by atoms with Crippen LogP contribution in [0.5, 0.6) is 0 Å². The van der Waals surface area contributed by atoms with Gasteiger partial charge in [-0.3, -0.25) is 19.2 Å². The maximum absolute atomic E-state index is 13.2. The standard InChI is InChI=1S/C24H44N4O6S/c1-9-11-12-15(3)18(29)13-19(30)26-16(10-2)21(32)28(7)23(35-8)22(33)27(6)17(20(25)31)14-24(4,5)34/h9,11,15-18,23,29,34H,10,12-14H2,1-8H3,(H2,25,31)(H,26,30)/b11-9+/t15-,16+,17+,18-,23+/m1/s1. The van der Waals surface area contributed by atoms with Gasteiger partial charge in [-0.25, -0.2) is 0 Å². The van der Waals surface area contributed by atoms with Crippen LogP contribution in [0.15, 0.2) is 12.2 Å². The summed E-state index contributed by atoms with van der Waals surface area (Å²) >= 11 is 1.10. The van der Waals surface area contributed by atoms with E-state index >= 15 is 0 Å². The van der Waals surface area contributed by atoms with Gasteiger partial charge in [0, 0.05) is 20.5 Å². The number of carbonyl (C=O) groups is 4. The third kappa shape index (κ3) is 11.0. The third-order valence-corrected chi connectivity index (χ3v) is 6.77. The first-order chi connectivity index (χ1) is 16.1. The van der Waals surface area contributed by atoms with E-state index in [-0.39, 0.29) is 25.2 Å². The number of primary amides is 1. The molecule has 0 aliphatic carbocycles. The van der Waals surface area contributed by atoms with Crippen LogP contribution in [-0.4, -0.2) is 93.2 Å². The number of allylic oxidation sites excluding steroid dienone is 2. The average Bonchev–Trinajstić information content (AvgIpc) is 2.77. The Morgan fingerprint density at radius 1 is 1.14 bits per heavy atom. The lowest BCUT2D eigenvalue weighted by atomic mass is 9.97. The number of nitrogens with two attached hydrogens (primary N) is 1. The van der Waals surface area contributed by atoms with Crippen molar-refractivity contribution in [3.8, 4) is 0 Å². The molecule has 5 N–H and O–H groups in total. The summed E-state index contributed by atoms with van der Waals surface area (Å²) in [5.41, 5.74) is 4.23. The van der Waals surface area contributed by atoms with E-state index < -0.39 is 52.8 Å². The number of nitrogens with one attached hydrogen (secondary N) is 1. The van der Waals surface area contributed by atoms with Crippen LogP contribution in [0.4, 0.5) is 0 Å². The first-order valence-corrected chi connectivity index (χ1v) is 13.1. The first kappa shape index (κ1) is 32.9. The van der Waals surface area contributed by atoms with E-state index in [0.717, 1.165) is 16.7 Å². The molecule has 4 amide bonds. The van der Waals surface area contributed by atoms with Crippen LogP contribution in [0.1, 0.15) is 60.3 Å². The maximum atomic E-state index is 13.2. The van der Waals surface area contributed by atoms with Crippen molar-refractivity contribution in [2.75, 3.05) is 20.4 Å². The Kier molecular flexibility index (Phi) is 14.2. The number of aliphatic hydroxyl groups is 2. The Morgan fingerprint density at radius 3 is 2.14 bits per heavy atom. The van der Waals surface area contributed by atoms with Crippen molar-refractivity contribution >= 4 is 35.4 Å². The number of nitrogens with zero attached hydrogens (tertiary/aromatic N) is 2. The molecule has 0 unspecified atom stereocenters. The van der Waals surface area contributed by atoms with Crippen LogP contribution in [0.3, 0.4) is 0 Å². The summed E-state index contributed by atoms with van der Waals surface area (Å²) in [6.45, 7) is 8.48. The van der Waals surface area contributed by atoms with Crippen LogP contribution >= 0.6 is 11.8 Å². The Labute approximate surface area is 213 Å². The predicted molar refractivity (Wildman–Crippen MR) is 138 cm³/mol. The second-order valence-corrected chi connectivity index (χ2v) is 10.4. The monoisotopic (exact) mass is 516 g/mol. The second-order valence-electron chi connectivity index (χ2n) is 9.50. The van der Waals surface area contributed by atoms with E-state index in [0.29, 0.717) is 6.42 Å². The normalized spacial score (nSPS) is 16.2. The predicted octanol–water partition coefficient (Wildman–Crippen LogP) is 0.855. The minimum atomic E-state index is -1.24. The number of aliphatic hydroxyl groups excluding tert-OH is 1. The van der Waals surface area contributed by atoms with Crippen molar-refractivity contribution in [3.63, 3.8) is 0 Å². The molecule has 0 heterocycles. The van der Waals surface area contributed by atoms with Crippen molar-refractivity contribution in [2.24, 2.45) is 11.7 Å². The number of likely N-dealkylation sites (N-methyl/N-ethyl adjacent to an activating group) is 2. The van der Waals surface area contributed by atoms with Gasteiger partial charge in [0.15, 0.2) is 5.37 Å². The molecule has 0 saturated carbocycles. The van der Waals surface area contributed by atoms with E-state index in [2.05, 4.69) is 5.32 Å². The molecule has 11 heteroatoms. The van der Waals surface area contributed by atoms with E-state index in [9.17, 15) is 29.4 Å². The summed E-state index contributed by atoms with van der Waals surface area (Å²) in [6, 6.07) is -1.95. The van der Waals surface area contributed by atoms with E-state index in [1.165, 1.54) is 32.8 Å². The van der Waals surface area contributed by atoms with Crippen molar-refractivity contribution in [1.29, 1.82) is 0 Å². The quantitative estimate of drug-likeness (QED) is 0.186. The van der Waals surface area contributed by atoms with Gasteiger partial charge in [0.25, 0.3) is 5.91 Å². The number of hydrogen-bond donors (Lipinski definition) is 4. The highest BCUT2D eigenvalue weighted by molar-refractivity contribution is 7.99. The van der Waals surface area contributed by atoms with Crippen molar-refractivity contribution < 1.29 is 29.4 Å². The third-order valence-electron chi connectivity index (χ3n) is 5.81. The summed E-state index contributed by atoms with van der Waals surface area (Å²) in [7, 11) is 2.85. The Morgan fingerprint density at radius 2 is 1.71 bits per heavy atom. The minimum Gasteiger partial charge on any atom is -0.392 e. The summed E-state index contributed by atoms with van der Waals surface area (Å²) < 4.78 is 0. The van der Waals surface area contributed by atoms with Gasteiger partial charge in [-0.2, -0.15) is 0 Å². The van der Waals surface area contributed by atoms with Gasteiger partial charge in [-0.1, -0.05) is 26.0 Å². The van der Waals surface area contributed by atoms with Gasteiger partial charge >= 0.3 is 0 Å². The zero-order valence-corrected chi connectivity index (χ0v) is 23.1. The van der Waals surface area contributed by atoms with Crippen LogP contribution in [-0.2, 0) is 19.2 Å².